The van der Waals surface area contributed by atoms with E-state index in [0.29, 0.717) is 21.4 Å². The van der Waals surface area contributed by atoms with E-state index in [1.54, 1.807) is 18.2 Å². The lowest BCUT2D eigenvalue weighted by Gasteiger charge is -2.11. The molecule has 0 saturated heterocycles. The molecule has 5 nitrogen and oxygen atoms in total. The number of nitrogen functional groups attached to an aromatic ring is 1. The molecule has 0 unspecified atom stereocenters. The van der Waals surface area contributed by atoms with Gasteiger partial charge in [0.1, 0.15) is 0 Å². The number of nitrogens with two attached hydrogens (primary N) is 1. The Hall–Kier alpha value is -1.98. The number of carbonyl (C=O) groups is 1. The summed E-state index contributed by atoms with van der Waals surface area (Å²) in [6.07, 6.45) is 0. The van der Waals surface area contributed by atoms with E-state index in [9.17, 15) is 4.79 Å². The molecular formula is C12H9Cl2N3O2. The monoisotopic (exact) mass is 297 g/mol. The highest BCUT2D eigenvalue weighted by Gasteiger charge is 2.11. The maximum Gasteiger partial charge on any atom is 0.354 e. The first-order chi connectivity index (χ1) is 8.99. The van der Waals surface area contributed by atoms with Gasteiger partial charge in [-0.1, -0.05) is 29.3 Å². The Morgan fingerprint density at radius 2 is 1.84 bits per heavy atom. The van der Waals surface area contributed by atoms with Crippen molar-refractivity contribution in [2.24, 2.45) is 0 Å². The molecule has 19 heavy (non-hydrogen) atoms. The molecule has 0 aliphatic carbocycles. The van der Waals surface area contributed by atoms with Crippen LogP contribution in [0.2, 0.25) is 10.0 Å². The van der Waals surface area contributed by atoms with Crippen LogP contribution in [0.15, 0.2) is 30.3 Å². The van der Waals surface area contributed by atoms with Crippen molar-refractivity contribution in [1.82, 2.24) is 4.98 Å². The Labute approximate surface area is 119 Å². The number of benzene rings is 1. The number of hydrogen-bond acceptors (Lipinski definition) is 4. The summed E-state index contributed by atoms with van der Waals surface area (Å²) in [5.41, 5.74) is 6.32. The highest BCUT2D eigenvalue weighted by Crippen LogP contribution is 2.33. The molecule has 0 amide bonds. The average molecular weight is 298 g/mol. The third-order valence-corrected chi connectivity index (χ3v) is 2.98. The van der Waals surface area contributed by atoms with E-state index in [1.165, 1.54) is 12.1 Å². The van der Waals surface area contributed by atoms with Crippen LogP contribution in [-0.2, 0) is 0 Å². The fourth-order valence-electron chi connectivity index (χ4n) is 1.42. The van der Waals surface area contributed by atoms with Crippen molar-refractivity contribution >= 4 is 46.4 Å². The summed E-state index contributed by atoms with van der Waals surface area (Å²) in [5.74, 6) is -0.955. The fraction of sp³-hybridized carbons (Fsp3) is 0. The molecule has 0 spiro atoms. The Bertz CT molecular complexity index is 627. The lowest BCUT2D eigenvalue weighted by molar-refractivity contribution is 0.0690. The SMILES string of the molecule is Nc1ccc(C(=O)O)nc1Nc1c(Cl)cccc1Cl. The number of aromatic nitrogens is 1. The lowest BCUT2D eigenvalue weighted by atomic mass is 10.3. The van der Waals surface area contributed by atoms with Gasteiger partial charge in [-0.05, 0) is 24.3 Å². The van der Waals surface area contributed by atoms with Crippen LogP contribution in [0, 0.1) is 0 Å². The quantitative estimate of drug-likeness (QED) is 0.808. The molecule has 1 aromatic heterocycles. The van der Waals surface area contributed by atoms with E-state index in [-0.39, 0.29) is 11.5 Å². The standard InChI is InChI=1S/C12H9Cl2N3O2/c13-6-2-1-3-7(14)10(6)17-11-8(15)4-5-9(16-11)12(18)19/h1-5H,15H2,(H,16,17)(H,18,19). The molecular weight excluding hydrogens is 289 g/mol. The van der Waals surface area contributed by atoms with Gasteiger partial charge in [0.25, 0.3) is 0 Å². The zero-order chi connectivity index (χ0) is 14.0. The number of nitrogens with one attached hydrogen (secondary N) is 1. The number of carboxylic acid groups (broad SMARTS) is 1. The third kappa shape index (κ3) is 2.89. The van der Waals surface area contributed by atoms with Gasteiger partial charge in [0.15, 0.2) is 11.5 Å². The maximum absolute atomic E-state index is 10.9. The predicted molar refractivity (Wildman–Crippen MR) is 75.4 cm³/mol. The summed E-state index contributed by atoms with van der Waals surface area (Å²) in [4.78, 5) is 14.8. The topological polar surface area (TPSA) is 88.2 Å². The molecule has 98 valence electrons. The van der Waals surface area contributed by atoms with Crippen molar-refractivity contribution in [2.75, 3.05) is 11.1 Å². The molecule has 0 saturated carbocycles. The molecule has 0 fully saturated rings. The predicted octanol–water partition coefficient (Wildman–Crippen LogP) is 3.41. The van der Waals surface area contributed by atoms with Crippen LogP contribution in [0.3, 0.4) is 0 Å². The van der Waals surface area contributed by atoms with Gasteiger partial charge >= 0.3 is 5.97 Å². The van der Waals surface area contributed by atoms with Gasteiger partial charge in [0.2, 0.25) is 0 Å². The smallest absolute Gasteiger partial charge is 0.354 e. The van der Waals surface area contributed by atoms with Crippen LogP contribution < -0.4 is 11.1 Å². The number of hydrogen-bond donors (Lipinski definition) is 3. The van der Waals surface area contributed by atoms with E-state index < -0.39 is 5.97 Å². The van der Waals surface area contributed by atoms with Crippen LogP contribution in [-0.4, -0.2) is 16.1 Å². The largest absolute Gasteiger partial charge is 0.477 e. The number of rotatable bonds is 3. The summed E-state index contributed by atoms with van der Waals surface area (Å²) >= 11 is 12.0. The Kier molecular flexibility index (Phi) is 3.78. The normalized spacial score (nSPS) is 10.2. The van der Waals surface area contributed by atoms with E-state index in [0.717, 1.165) is 0 Å². The first-order valence-electron chi connectivity index (χ1n) is 5.20. The second-order valence-corrected chi connectivity index (χ2v) is 4.48. The van der Waals surface area contributed by atoms with Gasteiger partial charge in [0.05, 0.1) is 21.4 Å². The number of aromatic carboxylic acids is 1. The van der Waals surface area contributed by atoms with Crippen molar-refractivity contribution in [3.63, 3.8) is 0 Å². The number of pyridine rings is 1. The first-order valence-corrected chi connectivity index (χ1v) is 5.95. The molecule has 0 aliphatic rings. The van der Waals surface area contributed by atoms with Crippen molar-refractivity contribution < 1.29 is 9.90 Å². The number of nitrogens with zero attached hydrogens (tertiary/aromatic N) is 1. The van der Waals surface area contributed by atoms with Gasteiger partial charge in [0, 0.05) is 0 Å². The third-order valence-electron chi connectivity index (χ3n) is 2.35. The van der Waals surface area contributed by atoms with Crippen molar-refractivity contribution in [2.45, 2.75) is 0 Å². The molecule has 1 heterocycles. The van der Waals surface area contributed by atoms with Crippen molar-refractivity contribution in [3.05, 3.63) is 46.1 Å². The summed E-state index contributed by atoms with van der Waals surface area (Å²) < 4.78 is 0. The van der Waals surface area contributed by atoms with Crippen molar-refractivity contribution in [3.8, 4) is 0 Å². The number of para-hydroxylation sites is 1. The van der Waals surface area contributed by atoms with Crippen LogP contribution >= 0.6 is 23.2 Å². The minimum absolute atomic E-state index is 0.125. The molecule has 2 rings (SSSR count). The zero-order valence-corrected chi connectivity index (χ0v) is 11.0. The fourth-order valence-corrected chi connectivity index (χ4v) is 1.92. The average Bonchev–Trinajstić information content (AvgIpc) is 2.35. The summed E-state index contributed by atoms with van der Waals surface area (Å²) in [5, 5.41) is 12.5. The van der Waals surface area contributed by atoms with Gasteiger partial charge in [-0.3, -0.25) is 0 Å². The second kappa shape index (κ2) is 5.34. The highest BCUT2D eigenvalue weighted by molar-refractivity contribution is 6.39. The minimum Gasteiger partial charge on any atom is -0.477 e. The minimum atomic E-state index is -1.15. The van der Waals surface area contributed by atoms with Gasteiger partial charge in [-0.25, -0.2) is 9.78 Å². The van der Waals surface area contributed by atoms with Crippen LogP contribution in [0.5, 0.6) is 0 Å². The summed E-state index contributed by atoms with van der Waals surface area (Å²) in [6.45, 7) is 0. The zero-order valence-electron chi connectivity index (χ0n) is 9.52. The number of anilines is 3. The lowest BCUT2D eigenvalue weighted by Crippen LogP contribution is -2.06. The van der Waals surface area contributed by atoms with Gasteiger partial charge < -0.3 is 16.2 Å². The van der Waals surface area contributed by atoms with Crippen LogP contribution in [0.4, 0.5) is 17.2 Å². The summed E-state index contributed by atoms with van der Waals surface area (Å²) in [6, 6.07) is 7.75. The molecule has 4 N–H and O–H groups in total. The highest BCUT2D eigenvalue weighted by atomic mass is 35.5. The molecule has 0 aliphatic heterocycles. The van der Waals surface area contributed by atoms with E-state index in [4.69, 9.17) is 34.0 Å². The number of carboxylic acids is 1. The maximum atomic E-state index is 10.9. The van der Waals surface area contributed by atoms with Gasteiger partial charge in [-0.15, -0.1) is 0 Å². The van der Waals surface area contributed by atoms with Crippen LogP contribution in [0.1, 0.15) is 10.5 Å². The molecule has 0 radical (unpaired) electrons. The first kappa shape index (κ1) is 13.5. The Morgan fingerprint density at radius 1 is 1.21 bits per heavy atom. The summed E-state index contributed by atoms with van der Waals surface area (Å²) in [7, 11) is 0. The number of halogens is 2. The Morgan fingerprint density at radius 3 is 2.42 bits per heavy atom. The Balaban J connectivity index is 2.43. The molecule has 2 aromatic rings. The van der Waals surface area contributed by atoms with E-state index in [2.05, 4.69) is 10.3 Å². The second-order valence-electron chi connectivity index (χ2n) is 3.66. The van der Waals surface area contributed by atoms with Gasteiger partial charge in [-0.2, -0.15) is 0 Å². The molecule has 1 aromatic carbocycles. The molecule has 0 atom stereocenters. The molecule has 0 bridgehead atoms. The van der Waals surface area contributed by atoms with Crippen LogP contribution in [0.25, 0.3) is 0 Å². The van der Waals surface area contributed by atoms with Crippen molar-refractivity contribution in [1.29, 1.82) is 0 Å². The molecule has 7 heteroatoms. The van der Waals surface area contributed by atoms with E-state index >= 15 is 0 Å². The van der Waals surface area contributed by atoms with E-state index in [1.807, 2.05) is 0 Å².